The first-order chi connectivity index (χ1) is 25.1. The number of esters is 2. The van der Waals surface area contributed by atoms with E-state index in [1.165, 1.54) is 26.6 Å². The fraction of sp³-hybridized carbons (Fsp3) is 0.265. The number of nitrogens with zero attached hydrogens (tertiary/aromatic N) is 2. The molecule has 0 fully saturated rings. The lowest BCUT2D eigenvalue weighted by Crippen LogP contribution is -2.49. The topological polar surface area (TPSA) is 201 Å². The number of amides is 3. The average molecular weight is 757 g/mol. The largest absolute Gasteiger partial charge is 0.468 e. The molecule has 4 aromatic heterocycles. The molecule has 0 aliphatic rings. The number of nitrogens with two attached hydrogens (primary N) is 1. The summed E-state index contributed by atoms with van der Waals surface area (Å²) in [6.45, 7) is -1.51. The van der Waals surface area contributed by atoms with E-state index in [1.807, 2.05) is 18.2 Å². The molecule has 14 nitrogen and oxygen atoms in total. The fourth-order valence-electron chi connectivity index (χ4n) is 4.46. The van der Waals surface area contributed by atoms with Gasteiger partial charge in [-0.3, -0.25) is 24.4 Å². The van der Waals surface area contributed by atoms with E-state index in [2.05, 4.69) is 35.4 Å². The van der Waals surface area contributed by atoms with Gasteiger partial charge in [0, 0.05) is 36.6 Å². The Bertz CT molecular complexity index is 2030. The van der Waals surface area contributed by atoms with Crippen LogP contribution in [0.5, 0.6) is 0 Å². The summed E-state index contributed by atoms with van der Waals surface area (Å²) in [4.78, 5) is 68.6. The number of nitrogens with one attached hydrogen (secondary N) is 3. The third kappa shape index (κ3) is 10.5. The molecule has 274 valence electrons. The number of fused-ring (bicyclic) bond motifs is 2. The standard InChI is InChI=1S/C21H20FN3O5S.C13H14FN3O3S/c1-29-20(27)16(25-21(28)30-12-13-5-3-2-4-6-13)11-24-19(26)17-9-15-18(31-17)14(10-22)7-8-23-15;1-20-13(19)8(15)6-17-12(18)10-4-9-11(21-10)7(5-14)2-3-16-9/h2-9,16H,10-12H2,1H3,(H,24,26)(H,25,28);2-4,8H,5-6,15H2,1H3,(H,17,18)/t16-;8-/m11/s1. The van der Waals surface area contributed by atoms with Crippen LogP contribution in [-0.4, -0.2) is 79.2 Å². The van der Waals surface area contributed by atoms with E-state index in [1.54, 1.807) is 36.4 Å². The van der Waals surface area contributed by atoms with Crippen molar-refractivity contribution in [2.75, 3.05) is 27.3 Å². The Morgan fingerprint density at radius 3 is 1.79 bits per heavy atom. The van der Waals surface area contributed by atoms with Gasteiger partial charge >= 0.3 is 18.0 Å². The van der Waals surface area contributed by atoms with Crippen LogP contribution in [0.2, 0.25) is 0 Å². The van der Waals surface area contributed by atoms with Crippen LogP contribution in [0.25, 0.3) is 20.4 Å². The molecule has 52 heavy (non-hydrogen) atoms. The molecule has 0 saturated carbocycles. The minimum atomic E-state index is -1.15. The summed E-state index contributed by atoms with van der Waals surface area (Å²) in [5.41, 5.74) is 8.33. The number of alkyl carbamates (subject to hydrolysis) is 1. The molecule has 0 unspecified atom stereocenters. The number of hydrogen-bond donors (Lipinski definition) is 4. The number of benzene rings is 1. The van der Waals surface area contributed by atoms with Gasteiger partial charge < -0.3 is 35.9 Å². The lowest BCUT2D eigenvalue weighted by molar-refractivity contribution is -0.143. The molecule has 0 saturated heterocycles. The maximum atomic E-state index is 13.1. The highest BCUT2D eigenvalue weighted by Crippen LogP contribution is 2.29. The van der Waals surface area contributed by atoms with Crippen LogP contribution >= 0.6 is 22.7 Å². The van der Waals surface area contributed by atoms with Gasteiger partial charge in [0.2, 0.25) is 0 Å². The van der Waals surface area contributed by atoms with Crippen molar-refractivity contribution >= 4 is 73.0 Å². The van der Waals surface area contributed by atoms with Gasteiger partial charge in [-0.1, -0.05) is 30.3 Å². The zero-order valence-corrected chi connectivity index (χ0v) is 29.5. The molecule has 0 bridgehead atoms. The van der Waals surface area contributed by atoms with Crippen molar-refractivity contribution in [3.8, 4) is 0 Å². The number of alkyl halides is 2. The van der Waals surface area contributed by atoms with Crippen LogP contribution < -0.4 is 21.7 Å². The van der Waals surface area contributed by atoms with E-state index in [9.17, 15) is 32.8 Å². The van der Waals surface area contributed by atoms with Crippen LogP contribution in [0.3, 0.4) is 0 Å². The number of aromatic nitrogens is 2. The fourth-order valence-corrected chi connectivity index (χ4v) is 6.51. The Hall–Kier alpha value is -5.59. The SMILES string of the molecule is COC(=O)[C@@H](CNC(=O)c1cc2nccc(CF)c2s1)NC(=O)OCc1ccccc1.COC(=O)[C@H](N)CNC(=O)c1cc2nccc(CF)c2s1. The van der Waals surface area contributed by atoms with Gasteiger partial charge in [-0.05, 0) is 29.8 Å². The summed E-state index contributed by atoms with van der Waals surface area (Å²) in [7, 11) is 2.39. The molecule has 1 aromatic carbocycles. The van der Waals surface area contributed by atoms with Crippen LogP contribution in [-0.2, 0) is 43.8 Å². The number of methoxy groups -OCH3 is 2. The maximum Gasteiger partial charge on any atom is 0.408 e. The predicted octanol–water partition coefficient (Wildman–Crippen LogP) is 3.96. The smallest absolute Gasteiger partial charge is 0.408 e. The Labute approximate surface area is 303 Å². The van der Waals surface area contributed by atoms with Crippen molar-refractivity contribution in [3.63, 3.8) is 0 Å². The van der Waals surface area contributed by atoms with Gasteiger partial charge in [0.25, 0.3) is 11.8 Å². The molecule has 5 N–H and O–H groups in total. The molecule has 5 rings (SSSR count). The van der Waals surface area contributed by atoms with Crippen molar-refractivity contribution < 1.29 is 47.0 Å². The minimum Gasteiger partial charge on any atom is -0.468 e. The first kappa shape index (κ1) is 39.2. The van der Waals surface area contributed by atoms with Crippen molar-refractivity contribution in [2.45, 2.75) is 32.0 Å². The summed E-state index contributed by atoms with van der Waals surface area (Å²) in [5, 5.41) is 7.49. The van der Waals surface area contributed by atoms with E-state index >= 15 is 0 Å². The summed E-state index contributed by atoms with van der Waals surface area (Å²) in [6.07, 6.45) is 2.15. The molecular formula is C34H34F2N6O8S2. The number of halogens is 2. The van der Waals surface area contributed by atoms with Crippen LogP contribution in [0.1, 0.15) is 36.0 Å². The maximum absolute atomic E-state index is 13.1. The first-order valence-corrected chi connectivity index (χ1v) is 17.0. The predicted molar refractivity (Wildman–Crippen MR) is 189 cm³/mol. The van der Waals surface area contributed by atoms with Gasteiger partial charge in [0.1, 0.15) is 32.0 Å². The van der Waals surface area contributed by atoms with Crippen molar-refractivity contribution in [1.82, 2.24) is 25.9 Å². The van der Waals surface area contributed by atoms with Crippen molar-refractivity contribution in [1.29, 1.82) is 0 Å². The molecule has 0 radical (unpaired) electrons. The Morgan fingerprint density at radius 2 is 1.29 bits per heavy atom. The number of carbonyl (C=O) groups is 5. The number of ether oxygens (including phenoxy) is 3. The number of hydrogen-bond acceptors (Lipinski definition) is 13. The molecule has 0 aliphatic carbocycles. The van der Waals surface area contributed by atoms with Crippen molar-refractivity contribution in [3.05, 3.63) is 93.4 Å². The second kappa shape index (κ2) is 19.1. The Morgan fingerprint density at radius 1 is 0.769 bits per heavy atom. The van der Waals surface area contributed by atoms with Gasteiger partial charge in [-0.2, -0.15) is 0 Å². The normalized spacial score (nSPS) is 11.8. The summed E-state index contributed by atoms with van der Waals surface area (Å²) >= 11 is 2.25. The van der Waals surface area contributed by atoms with Crippen molar-refractivity contribution in [2.24, 2.45) is 5.73 Å². The third-order valence-electron chi connectivity index (χ3n) is 7.17. The van der Waals surface area contributed by atoms with E-state index in [-0.39, 0.29) is 25.6 Å². The summed E-state index contributed by atoms with van der Waals surface area (Å²) in [6, 6.07) is 13.2. The number of carbonyl (C=O) groups excluding carboxylic acids is 5. The van der Waals surface area contributed by atoms with Gasteiger partial charge in [0.15, 0.2) is 0 Å². The average Bonchev–Trinajstić information content (AvgIpc) is 3.83. The second-order valence-corrected chi connectivity index (χ2v) is 12.8. The lowest BCUT2D eigenvalue weighted by atomic mass is 10.2. The third-order valence-corrected chi connectivity index (χ3v) is 9.56. The molecule has 0 spiro atoms. The van der Waals surface area contributed by atoms with E-state index in [4.69, 9.17) is 10.5 Å². The summed E-state index contributed by atoms with van der Waals surface area (Å²) < 4.78 is 41.4. The van der Waals surface area contributed by atoms with E-state index in [0.29, 0.717) is 41.3 Å². The van der Waals surface area contributed by atoms with E-state index in [0.717, 1.165) is 28.2 Å². The van der Waals surface area contributed by atoms with E-state index < -0.39 is 49.4 Å². The summed E-state index contributed by atoms with van der Waals surface area (Å²) in [5.74, 6) is -2.22. The zero-order chi connectivity index (χ0) is 37.6. The first-order valence-electron chi connectivity index (χ1n) is 15.4. The van der Waals surface area contributed by atoms with Gasteiger partial charge in [-0.25, -0.2) is 18.4 Å². The molecule has 4 heterocycles. The highest BCUT2D eigenvalue weighted by Gasteiger charge is 2.24. The van der Waals surface area contributed by atoms with Crippen LogP contribution in [0.15, 0.2) is 67.0 Å². The molecule has 3 amide bonds. The molecule has 18 heteroatoms. The number of thiophene rings is 2. The highest BCUT2D eigenvalue weighted by atomic mass is 32.1. The Balaban J connectivity index is 0.000000251. The number of pyridine rings is 2. The Kier molecular flexibility index (Phi) is 14.4. The van der Waals surface area contributed by atoms with Gasteiger partial charge in [-0.15, -0.1) is 22.7 Å². The lowest BCUT2D eigenvalue weighted by Gasteiger charge is -2.17. The molecular weight excluding hydrogens is 723 g/mol. The quantitative estimate of drug-likeness (QED) is 0.100. The molecule has 2 atom stereocenters. The van der Waals surface area contributed by atoms with Crippen LogP contribution in [0, 0.1) is 0 Å². The molecule has 5 aromatic rings. The zero-order valence-electron chi connectivity index (χ0n) is 27.9. The second-order valence-electron chi connectivity index (χ2n) is 10.7. The minimum absolute atomic E-state index is 0.0264. The highest BCUT2D eigenvalue weighted by molar-refractivity contribution is 7.21. The molecule has 0 aliphatic heterocycles. The van der Waals surface area contributed by atoms with Crippen LogP contribution in [0.4, 0.5) is 13.6 Å². The number of rotatable bonds is 13. The monoisotopic (exact) mass is 756 g/mol. The van der Waals surface area contributed by atoms with Gasteiger partial charge in [0.05, 0.1) is 44.4 Å².